The molecular weight excluding hydrogens is 295 g/mol. The van der Waals surface area contributed by atoms with Crippen molar-refractivity contribution in [2.45, 2.75) is 18.9 Å². The van der Waals surface area contributed by atoms with E-state index in [1.807, 2.05) is 0 Å². The number of benzene rings is 1. The van der Waals surface area contributed by atoms with Gasteiger partial charge in [-0.05, 0) is 37.1 Å². The molecule has 7 heteroatoms. The maximum atomic E-state index is 13.1. The van der Waals surface area contributed by atoms with Crippen LogP contribution in [0.1, 0.15) is 23.3 Å². The molecule has 1 aromatic heterocycles. The smallest absolute Gasteiger partial charge is 0.274 e. The van der Waals surface area contributed by atoms with Crippen molar-refractivity contribution in [1.82, 2.24) is 9.97 Å². The fraction of sp³-hybridized carbons (Fsp3) is 0.214. The second-order valence-corrected chi connectivity index (χ2v) is 5.17. The van der Waals surface area contributed by atoms with E-state index in [0.29, 0.717) is 17.7 Å². The van der Waals surface area contributed by atoms with Crippen LogP contribution in [0.5, 0.6) is 0 Å². The second-order valence-electron chi connectivity index (χ2n) is 4.77. The Bertz CT molecular complexity index is 690. The van der Waals surface area contributed by atoms with E-state index in [4.69, 9.17) is 11.6 Å². The number of rotatable bonds is 4. The Morgan fingerprint density at radius 3 is 2.86 bits per heavy atom. The zero-order valence-electron chi connectivity index (χ0n) is 10.9. The molecule has 0 atom stereocenters. The van der Waals surface area contributed by atoms with Crippen molar-refractivity contribution in [3.8, 4) is 0 Å². The molecule has 0 saturated heterocycles. The van der Waals surface area contributed by atoms with Crippen LogP contribution in [-0.2, 0) is 0 Å². The second kappa shape index (κ2) is 5.65. The topological polar surface area (TPSA) is 66.9 Å². The Morgan fingerprint density at radius 2 is 2.14 bits per heavy atom. The molecule has 108 valence electrons. The van der Waals surface area contributed by atoms with Gasteiger partial charge in [0.15, 0.2) is 0 Å². The first-order valence-corrected chi connectivity index (χ1v) is 6.85. The number of carbonyl (C=O) groups is 1. The quantitative estimate of drug-likeness (QED) is 0.911. The summed E-state index contributed by atoms with van der Waals surface area (Å²) in [6, 6.07) is 5.89. The fourth-order valence-electron chi connectivity index (χ4n) is 1.73. The van der Waals surface area contributed by atoms with E-state index in [0.717, 1.165) is 12.8 Å². The molecule has 5 nitrogen and oxygen atoms in total. The number of halogens is 2. The van der Waals surface area contributed by atoms with Gasteiger partial charge in [0.05, 0.1) is 5.02 Å². The largest absolute Gasteiger partial charge is 0.351 e. The van der Waals surface area contributed by atoms with Gasteiger partial charge in [-0.2, -0.15) is 0 Å². The number of hydrogen-bond donors (Lipinski definition) is 2. The number of amides is 1. The van der Waals surface area contributed by atoms with Gasteiger partial charge in [-0.3, -0.25) is 4.79 Å². The van der Waals surface area contributed by atoms with Gasteiger partial charge in [0.1, 0.15) is 11.5 Å². The lowest BCUT2D eigenvalue weighted by atomic mass is 10.3. The zero-order valence-corrected chi connectivity index (χ0v) is 11.7. The van der Waals surface area contributed by atoms with Gasteiger partial charge in [-0.1, -0.05) is 11.6 Å². The highest BCUT2D eigenvalue weighted by Crippen LogP contribution is 2.23. The van der Waals surface area contributed by atoms with Gasteiger partial charge < -0.3 is 10.6 Å². The van der Waals surface area contributed by atoms with Crippen LogP contribution in [0.25, 0.3) is 0 Å². The lowest BCUT2D eigenvalue weighted by Gasteiger charge is -2.07. The average Bonchev–Trinajstić information content (AvgIpc) is 3.27. The maximum absolute atomic E-state index is 13.1. The van der Waals surface area contributed by atoms with Gasteiger partial charge in [-0.25, -0.2) is 14.4 Å². The number of aromatic nitrogens is 2. The molecule has 1 heterocycles. The summed E-state index contributed by atoms with van der Waals surface area (Å²) in [5.74, 6) is -0.506. The van der Waals surface area contributed by atoms with E-state index in [-0.39, 0.29) is 10.7 Å². The van der Waals surface area contributed by atoms with E-state index >= 15 is 0 Å². The highest BCUT2D eigenvalue weighted by atomic mass is 35.5. The molecule has 1 amide bonds. The summed E-state index contributed by atoms with van der Waals surface area (Å²) in [6.07, 6.45) is 3.70. The molecule has 1 saturated carbocycles. The molecule has 21 heavy (non-hydrogen) atoms. The predicted molar refractivity (Wildman–Crippen MR) is 78.0 cm³/mol. The number of hydrogen-bond acceptors (Lipinski definition) is 4. The number of nitrogens with zero attached hydrogens (tertiary/aromatic N) is 2. The zero-order chi connectivity index (χ0) is 14.8. The van der Waals surface area contributed by atoms with Crippen LogP contribution in [0.4, 0.5) is 16.0 Å². The summed E-state index contributed by atoms with van der Waals surface area (Å²) < 4.78 is 13.1. The van der Waals surface area contributed by atoms with Crippen molar-refractivity contribution in [1.29, 1.82) is 0 Å². The van der Waals surface area contributed by atoms with E-state index in [9.17, 15) is 9.18 Å². The molecule has 3 rings (SSSR count). The van der Waals surface area contributed by atoms with Crippen molar-refractivity contribution in [2.75, 3.05) is 10.6 Å². The molecule has 0 bridgehead atoms. The molecular formula is C14H12ClFN4O. The summed E-state index contributed by atoms with van der Waals surface area (Å²) >= 11 is 5.67. The molecule has 0 aliphatic heterocycles. The Balaban J connectivity index is 1.73. The highest BCUT2D eigenvalue weighted by Gasteiger charge is 2.22. The predicted octanol–water partition coefficient (Wildman–Crippen LogP) is 3.10. The first kappa shape index (κ1) is 13.8. The highest BCUT2D eigenvalue weighted by molar-refractivity contribution is 6.31. The summed E-state index contributed by atoms with van der Waals surface area (Å²) in [5, 5.41) is 5.68. The summed E-state index contributed by atoms with van der Waals surface area (Å²) in [5.41, 5.74) is 0.635. The maximum Gasteiger partial charge on any atom is 0.274 e. The van der Waals surface area contributed by atoms with E-state index < -0.39 is 11.7 Å². The van der Waals surface area contributed by atoms with E-state index in [2.05, 4.69) is 20.6 Å². The van der Waals surface area contributed by atoms with Gasteiger partial charge in [0, 0.05) is 17.9 Å². The van der Waals surface area contributed by atoms with Crippen molar-refractivity contribution in [2.24, 2.45) is 0 Å². The average molecular weight is 307 g/mol. The number of nitrogens with one attached hydrogen (secondary N) is 2. The summed E-state index contributed by atoms with van der Waals surface area (Å²) in [4.78, 5) is 20.3. The minimum Gasteiger partial charge on any atom is -0.351 e. The van der Waals surface area contributed by atoms with Crippen LogP contribution in [0.15, 0.2) is 30.5 Å². The van der Waals surface area contributed by atoms with Crippen LogP contribution in [0, 0.1) is 5.82 Å². The van der Waals surface area contributed by atoms with Crippen molar-refractivity contribution in [3.63, 3.8) is 0 Å². The SMILES string of the molecule is O=C(Nc1ccc(F)c(Cl)c1)c1ccnc(NC2CC2)n1. The Labute approximate surface area is 125 Å². The molecule has 0 spiro atoms. The molecule has 0 unspecified atom stereocenters. The number of carbonyl (C=O) groups excluding carboxylic acids is 1. The molecule has 1 fully saturated rings. The van der Waals surface area contributed by atoms with Crippen molar-refractivity contribution >= 4 is 29.1 Å². The van der Waals surface area contributed by atoms with Crippen molar-refractivity contribution < 1.29 is 9.18 Å². The van der Waals surface area contributed by atoms with Crippen LogP contribution in [0.2, 0.25) is 5.02 Å². The first-order valence-electron chi connectivity index (χ1n) is 6.48. The molecule has 1 aliphatic rings. The number of anilines is 2. The fourth-order valence-corrected chi connectivity index (χ4v) is 1.91. The summed E-state index contributed by atoms with van der Waals surface area (Å²) in [7, 11) is 0. The molecule has 1 aromatic carbocycles. The van der Waals surface area contributed by atoms with Gasteiger partial charge in [-0.15, -0.1) is 0 Å². The van der Waals surface area contributed by atoms with E-state index in [1.165, 1.54) is 30.5 Å². The van der Waals surface area contributed by atoms with Crippen LogP contribution >= 0.6 is 11.6 Å². The molecule has 2 aromatic rings. The standard InChI is InChI=1S/C14H12ClFN4O/c15-10-7-9(3-4-11(10)16)18-13(21)12-5-6-17-14(20-12)19-8-1-2-8/h3-8H,1-2H2,(H,18,21)(H,17,19,20). The lowest BCUT2D eigenvalue weighted by molar-refractivity contribution is 0.102. The monoisotopic (exact) mass is 306 g/mol. The van der Waals surface area contributed by atoms with Gasteiger partial charge in [0.25, 0.3) is 5.91 Å². The van der Waals surface area contributed by atoms with Gasteiger partial charge in [0.2, 0.25) is 5.95 Å². The van der Waals surface area contributed by atoms with Crippen molar-refractivity contribution in [3.05, 3.63) is 47.0 Å². The minimum atomic E-state index is -0.535. The van der Waals surface area contributed by atoms with Gasteiger partial charge >= 0.3 is 0 Å². The Kier molecular flexibility index (Phi) is 3.70. The molecule has 0 radical (unpaired) electrons. The van der Waals surface area contributed by atoms with Crippen LogP contribution in [-0.4, -0.2) is 21.9 Å². The Hall–Kier alpha value is -2.21. The molecule has 2 N–H and O–H groups in total. The summed E-state index contributed by atoms with van der Waals surface area (Å²) in [6.45, 7) is 0. The first-order chi connectivity index (χ1) is 10.1. The third kappa shape index (κ3) is 3.46. The Morgan fingerprint density at radius 1 is 1.33 bits per heavy atom. The van der Waals surface area contributed by atoms with E-state index in [1.54, 1.807) is 0 Å². The normalized spacial score (nSPS) is 13.8. The van der Waals surface area contributed by atoms with Crippen LogP contribution in [0.3, 0.4) is 0 Å². The lowest BCUT2D eigenvalue weighted by Crippen LogP contribution is -2.15. The molecule has 1 aliphatic carbocycles. The minimum absolute atomic E-state index is 0.0495. The third-order valence-electron chi connectivity index (χ3n) is 2.98. The third-order valence-corrected chi connectivity index (χ3v) is 3.27. The van der Waals surface area contributed by atoms with Crippen LogP contribution < -0.4 is 10.6 Å².